The van der Waals surface area contributed by atoms with Gasteiger partial charge in [-0.3, -0.25) is 0 Å². The minimum Gasteiger partial charge on any atom is -0.395 e. The summed E-state index contributed by atoms with van der Waals surface area (Å²) in [6.45, 7) is 3.49. The first-order valence-corrected chi connectivity index (χ1v) is 6.44. The largest absolute Gasteiger partial charge is 0.395 e. The number of hydrogen-bond acceptors (Lipinski definition) is 4. The van der Waals surface area contributed by atoms with E-state index in [-0.39, 0.29) is 12.4 Å². The lowest BCUT2D eigenvalue weighted by Crippen LogP contribution is -2.35. The number of rotatable bonds is 5. The normalized spacial score (nSPS) is 25.3. The van der Waals surface area contributed by atoms with Crippen molar-refractivity contribution in [2.75, 3.05) is 32.9 Å². The van der Waals surface area contributed by atoms with Crippen LogP contribution in [-0.4, -0.2) is 43.8 Å². The average molecular weight is 229 g/mol. The fourth-order valence-corrected chi connectivity index (χ4v) is 2.70. The molecule has 0 bridgehead atoms. The first-order valence-electron chi connectivity index (χ1n) is 6.44. The summed E-state index contributed by atoms with van der Waals surface area (Å²) >= 11 is 0. The summed E-state index contributed by atoms with van der Waals surface area (Å²) in [5.74, 6) is 0.583. The Morgan fingerprint density at radius 2 is 1.81 bits per heavy atom. The highest BCUT2D eigenvalue weighted by molar-refractivity contribution is 4.82. The molecule has 2 aliphatic rings. The molecule has 4 heteroatoms. The van der Waals surface area contributed by atoms with Gasteiger partial charge in [-0.05, 0) is 31.7 Å². The molecule has 4 nitrogen and oxygen atoms in total. The minimum atomic E-state index is -0.213. The number of nitrogens with one attached hydrogen (secondary N) is 1. The molecular formula is C12H23NO3. The Kier molecular flexibility index (Phi) is 4.58. The van der Waals surface area contributed by atoms with Crippen LogP contribution in [0.3, 0.4) is 0 Å². The van der Waals surface area contributed by atoms with Gasteiger partial charge >= 0.3 is 0 Å². The molecule has 0 atom stereocenters. The van der Waals surface area contributed by atoms with Gasteiger partial charge in [-0.25, -0.2) is 0 Å². The van der Waals surface area contributed by atoms with Gasteiger partial charge in [0.2, 0.25) is 0 Å². The van der Waals surface area contributed by atoms with E-state index in [9.17, 15) is 0 Å². The van der Waals surface area contributed by atoms with Gasteiger partial charge in [0, 0.05) is 19.4 Å². The van der Waals surface area contributed by atoms with Crippen molar-refractivity contribution in [3.63, 3.8) is 0 Å². The van der Waals surface area contributed by atoms with Crippen LogP contribution in [-0.2, 0) is 9.47 Å². The van der Waals surface area contributed by atoms with E-state index in [0.29, 0.717) is 6.54 Å². The van der Waals surface area contributed by atoms with Gasteiger partial charge in [0.05, 0.1) is 19.8 Å². The van der Waals surface area contributed by atoms with E-state index in [1.54, 1.807) is 0 Å². The summed E-state index contributed by atoms with van der Waals surface area (Å²) in [6, 6.07) is 0. The Labute approximate surface area is 97.3 Å². The Morgan fingerprint density at radius 3 is 2.44 bits per heavy atom. The summed E-state index contributed by atoms with van der Waals surface area (Å²) in [6.07, 6.45) is 5.73. The van der Waals surface area contributed by atoms with E-state index in [4.69, 9.17) is 14.6 Å². The quantitative estimate of drug-likeness (QED) is 0.688. The van der Waals surface area contributed by atoms with Gasteiger partial charge in [0.15, 0.2) is 5.79 Å². The van der Waals surface area contributed by atoms with Crippen LogP contribution in [0.15, 0.2) is 0 Å². The highest BCUT2D eigenvalue weighted by Gasteiger charge is 2.39. The molecule has 0 aromatic rings. The molecule has 2 rings (SSSR count). The molecule has 2 fully saturated rings. The Balaban J connectivity index is 1.61. The zero-order chi connectivity index (χ0) is 11.3. The predicted octanol–water partition coefficient (Wildman–Crippen LogP) is 0.892. The van der Waals surface area contributed by atoms with Crippen LogP contribution in [0.4, 0.5) is 0 Å². The summed E-state index contributed by atoms with van der Waals surface area (Å²) in [7, 11) is 0. The van der Waals surface area contributed by atoms with Crippen LogP contribution in [0, 0.1) is 5.92 Å². The van der Waals surface area contributed by atoms with Crippen molar-refractivity contribution >= 4 is 0 Å². The highest BCUT2D eigenvalue weighted by atomic mass is 16.7. The highest BCUT2D eigenvalue weighted by Crippen LogP contribution is 2.39. The van der Waals surface area contributed by atoms with Gasteiger partial charge in [0.25, 0.3) is 0 Å². The molecule has 1 saturated carbocycles. The molecule has 0 aromatic heterocycles. The molecule has 0 amide bonds. The molecule has 0 aromatic carbocycles. The molecule has 1 spiro atoms. The maximum absolute atomic E-state index is 8.65. The Hall–Kier alpha value is -0.160. The van der Waals surface area contributed by atoms with Crippen molar-refractivity contribution in [3.8, 4) is 0 Å². The zero-order valence-electron chi connectivity index (χ0n) is 9.91. The van der Waals surface area contributed by atoms with Crippen molar-refractivity contribution < 1.29 is 14.6 Å². The first kappa shape index (κ1) is 12.3. The molecule has 1 saturated heterocycles. The third kappa shape index (κ3) is 3.17. The first-order chi connectivity index (χ1) is 7.85. The van der Waals surface area contributed by atoms with Gasteiger partial charge in [-0.15, -0.1) is 0 Å². The second-order valence-corrected chi connectivity index (χ2v) is 4.81. The van der Waals surface area contributed by atoms with Crippen LogP contribution < -0.4 is 5.32 Å². The summed E-state index contributed by atoms with van der Waals surface area (Å²) < 4.78 is 11.4. The maximum atomic E-state index is 8.65. The van der Waals surface area contributed by atoms with Crippen molar-refractivity contribution in [1.82, 2.24) is 5.32 Å². The monoisotopic (exact) mass is 229 g/mol. The average Bonchev–Trinajstić information content (AvgIpc) is 2.76. The second kappa shape index (κ2) is 5.96. The number of hydrogen-bond donors (Lipinski definition) is 2. The second-order valence-electron chi connectivity index (χ2n) is 4.81. The molecule has 1 heterocycles. The number of aliphatic hydroxyl groups is 1. The van der Waals surface area contributed by atoms with Gasteiger partial charge in [0.1, 0.15) is 0 Å². The van der Waals surface area contributed by atoms with E-state index in [1.807, 2.05) is 0 Å². The van der Waals surface area contributed by atoms with E-state index < -0.39 is 0 Å². The van der Waals surface area contributed by atoms with Crippen LogP contribution in [0.1, 0.15) is 32.1 Å². The fourth-order valence-electron chi connectivity index (χ4n) is 2.70. The molecule has 94 valence electrons. The molecule has 2 N–H and O–H groups in total. The van der Waals surface area contributed by atoms with Crippen LogP contribution >= 0.6 is 0 Å². The third-order valence-corrected chi connectivity index (χ3v) is 3.70. The molecule has 16 heavy (non-hydrogen) atoms. The van der Waals surface area contributed by atoms with Gasteiger partial charge in [-0.2, -0.15) is 0 Å². The number of ether oxygens (including phenoxy) is 2. The topological polar surface area (TPSA) is 50.7 Å². The lowest BCUT2D eigenvalue weighted by Gasteiger charge is -2.35. The molecule has 1 aliphatic heterocycles. The maximum Gasteiger partial charge on any atom is 0.168 e. The standard InChI is InChI=1S/C12H23NO3/c14-8-7-13-6-3-11-1-4-12(5-2-11)15-9-10-16-12/h11,13-14H,1-10H2. The van der Waals surface area contributed by atoms with Crippen molar-refractivity contribution in [3.05, 3.63) is 0 Å². The van der Waals surface area contributed by atoms with Crippen LogP contribution in [0.2, 0.25) is 0 Å². The SMILES string of the molecule is OCCNCCC1CCC2(CC1)OCCO2. The molecule has 0 radical (unpaired) electrons. The van der Waals surface area contributed by atoms with Crippen LogP contribution in [0.25, 0.3) is 0 Å². The molecular weight excluding hydrogens is 206 g/mol. The fraction of sp³-hybridized carbons (Fsp3) is 1.00. The summed E-state index contributed by atoms with van der Waals surface area (Å²) in [4.78, 5) is 0. The van der Waals surface area contributed by atoms with Crippen molar-refractivity contribution in [1.29, 1.82) is 0 Å². The van der Waals surface area contributed by atoms with Crippen molar-refractivity contribution in [2.24, 2.45) is 5.92 Å². The summed E-state index contributed by atoms with van der Waals surface area (Å²) in [5, 5.41) is 11.9. The van der Waals surface area contributed by atoms with E-state index in [0.717, 1.165) is 38.5 Å². The Morgan fingerprint density at radius 1 is 1.12 bits per heavy atom. The molecule has 1 aliphatic carbocycles. The van der Waals surface area contributed by atoms with Crippen molar-refractivity contribution in [2.45, 2.75) is 37.9 Å². The Bertz CT molecular complexity index is 194. The lowest BCUT2D eigenvalue weighted by molar-refractivity contribution is -0.182. The van der Waals surface area contributed by atoms with E-state index in [1.165, 1.54) is 19.3 Å². The van der Waals surface area contributed by atoms with E-state index in [2.05, 4.69) is 5.32 Å². The summed E-state index contributed by atoms with van der Waals surface area (Å²) in [5.41, 5.74) is 0. The predicted molar refractivity (Wildman–Crippen MR) is 61.2 cm³/mol. The smallest absolute Gasteiger partial charge is 0.168 e. The van der Waals surface area contributed by atoms with Crippen LogP contribution in [0.5, 0.6) is 0 Å². The lowest BCUT2D eigenvalue weighted by atomic mass is 9.83. The molecule has 0 unspecified atom stereocenters. The van der Waals surface area contributed by atoms with Gasteiger partial charge in [-0.1, -0.05) is 0 Å². The number of aliphatic hydroxyl groups excluding tert-OH is 1. The third-order valence-electron chi connectivity index (χ3n) is 3.70. The minimum absolute atomic E-state index is 0.213. The zero-order valence-corrected chi connectivity index (χ0v) is 9.91. The van der Waals surface area contributed by atoms with Gasteiger partial charge < -0.3 is 19.9 Å². The van der Waals surface area contributed by atoms with E-state index >= 15 is 0 Å².